The van der Waals surface area contributed by atoms with E-state index in [1.165, 1.54) is 12.1 Å². The van der Waals surface area contributed by atoms with Crippen molar-refractivity contribution in [2.75, 3.05) is 33.6 Å². The van der Waals surface area contributed by atoms with Gasteiger partial charge in [-0.05, 0) is 63.9 Å². The van der Waals surface area contributed by atoms with Crippen molar-refractivity contribution in [2.45, 2.75) is 45.8 Å². The molecule has 2 heterocycles. The molecule has 1 unspecified atom stereocenters. The number of benzene rings is 3. The fourth-order valence-electron chi connectivity index (χ4n) is 4.64. The van der Waals surface area contributed by atoms with Crippen LogP contribution < -0.4 is 24.3 Å². The van der Waals surface area contributed by atoms with E-state index in [4.69, 9.17) is 23.7 Å². The van der Waals surface area contributed by atoms with Crippen LogP contribution in [-0.2, 0) is 11.3 Å². The van der Waals surface area contributed by atoms with Gasteiger partial charge in [0.25, 0.3) is 5.91 Å². The molecule has 1 N–H and O–H groups in total. The fourth-order valence-corrected chi connectivity index (χ4v) is 4.64. The summed E-state index contributed by atoms with van der Waals surface area (Å²) in [4.78, 5) is 25.8. The number of ether oxygens (including phenoxy) is 5. The van der Waals surface area contributed by atoms with Crippen LogP contribution in [0.5, 0.6) is 23.0 Å². The number of nitrogens with one attached hydrogen (secondary N) is 1. The van der Waals surface area contributed by atoms with E-state index in [0.29, 0.717) is 30.6 Å². The Hall–Kier alpha value is -4.47. The van der Waals surface area contributed by atoms with Crippen LogP contribution >= 0.6 is 0 Å². The summed E-state index contributed by atoms with van der Waals surface area (Å²) in [7, 11) is 1.57. The SMILES string of the molecule is CC(C)(C)OC(=O)N1CCCC(COc2ccc3c(c2)OCO3)C1.COc1ccccc1CNC(=O)c1ccccc1F. The van der Waals surface area contributed by atoms with Crippen LogP contribution in [0.25, 0.3) is 0 Å². The van der Waals surface area contributed by atoms with Crippen molar-refractivity contribution in [2.24, 2.45) is 5.92 Å². The average Bonchev–Trinajstić information content (AvgIpc) is 3.47. The van der Waals surface area contributed by atoms with Gasteiger partial charge in [-0.2, -0.15) is 0 Å². The number of fused-ring (bicyclic) bond motifs is 1. The minimum Gasteiger partial charge on any atom is -0.496 e. The third kappa shape index (κ3) is 9.26. The summed E-state index contributed by atoms with van der Waals surface area (Å²) >= 11 is 0. The van der Waals surface area contributed by atoms with Gasteiger partial charge in [-0.25, -0.2) is 9.18 Å². The number of hydrogen-bond donors (Lipinski definition) is 1. The standard InChI is InChI=1S/C18H25NO5.C15H14FNO2/c1-18(2,3)24-17(20)19-8-4-5-13(10-19)11-21-14-6-7-15-16(9-14)23-12-22-15;1-19-14-9-5-2-6-11(14)10-17-15(18)12-7-3-4-8-13(12)16/h6-7,9,13H,4-5,8,10-12H2,1-3H3;2-9H,10H2,1H3,(H,17,18). The Balaban J connectivity index is 0.000000203. The molecule has 1 fully saturated rings. The number of nitrogens with zero attached hydrogens (tertiary/aromatic N) is 1. The van der Waals surface area contributed by atoms with Crippen molar-refractivity contribution < 1.29 is 37.7 Å². The maximum atomic E-state index is 13.4. The van der Waals surface area contributed by atoms with Crippen LogP contribution in [0, 0.1) is 11.7 Å². The number of methoxy groups -OCH3 is 1. The predicted molar refractivity (Wildman–Crippen MR) is 159 cm³/mol. The molecule has 2 amide bonds. The smallest absolute Gasteiger partial charge is 0.410 e. The lowest BCUT2D eigenvalue weighted by Crippen LogP contribution is -2.44. The molecule has 5 rings (SSSR count). The van der Waals surface area contributed by atoms with Crippen LogP contribution in [0.1, 0.15) is 49.5 Å². The molecular formula is C33H39FN2O7. The van der Waals surface area contributed by atoms with Crippen LogP contribution in [0.3, 0.4) is 0 Å². The van der Waals surface area contributed by atoms with Gasteiger partial charge in [0.05, 0.1) is 19.3 Å². The van der Waals surface area contributed by atoms with Gasteiger partial charge in [-0.1, -0.05) is 30.3 Å². The summed E-state index contributed by atoms with van der Waals surface area (Å²) < 4.78 is 40.6. The second-order valence-corrected chi connectivity index (χ2v) is 11.2. The monoisotopic (exact) mass is 594 g/mol. The van der Waals surface area contributed by atoms with E-state index >= 15 is 0 Å². The first-order chi connectivity index (χ1) is 20.6. The second-order valence-electron chi connectivity index (χ2n) is 11.2. The van der Waals surface area contributed by atoms with Crippen molar-refractivity contribution >= 4 is 12.0 Å². The van der Waals surface area contributed by atoms with E-state index in [-0.39, 0.29) is 25.0 Å². The molecule has 3 aromatic rings. The summed E-state index contributed by atoms with van der Waals surface area (Å²) in [6.07, 6.45) is 1.77. The van der Waals surface area contributed by atoms with Gasteiger partial charge in [0.15, 0.2) is 11.5 Å². The first-order valence-corrected chi connectivity index (χ1v) is 14.3. The molecule has 1 saturated heterocycles. The second kappa shape index (κ2) is 14.6. The zero-order valence-corrected chi connectivity index (χ0v) is 25.1. The summed E-state index contributed by atoms with van der Waals surface area (Å²) in [5.74, 6) is 2.24. The number of rotatable bonds is 7. The van der Waals surface area contributed by atoms with Crippen LogP contribution in [0.15, 0.2) is 66.7 Å². The number of likely N-dealkylation sites (tertiary alicyclic amines) is 1. The van der Waals surface area contributed by atoms with Gasteiger partial charge in [-0.15, -0.1) is 0 Å². The van der Waals surface area contributed by atoms with E-state index < -0.39 is 17.3 Å². The van der Waals surface area contributed by atoms with Gasteiger partial charge in [-0.3, -0.25) is 4.79 Å². The van der Waals surface area contributed by atoms with Crippen LogP contribution in [0.2, 0.25) is 0 Å². The molecule has 43 heavy (non-hydrogen) atoms. The number of halogens is 1. The van der Waals surface area contributed by atoms with E-state index in [0.717, 1.165) is 36.4 Å². The lowest BCUT2D eigenvalue weighted by atomic mass is 9.99. The molecule has 0 radical (unpaired) electrons. The zero-order chi connectivity index (χ0) is 30.8. The van der Waals surface area contributed by atoms with Gasteiger partial charge in [0, 0.05) is 37.2 Å². The van der Waals surface area contributed by atoms with Crippen LogP contribution in [0.4, 0.5) is 9.18 Å². The van der Waals surface area contributed by atoms with E-state index in [1.54, 1.807) is 24.1 Å². The summed E-state index contributed by atoms with van der Waals surface area (Å²) in [6, 6.07) is 18.8. The van der Waals surface area contributed by atoms with Gasteiger partial charge in [0.1, 0.15) is 22.9 Å². The van der Waals surface area contributed by atoms with Gasteiger partial charge in [0.2, 0.25) is 6.79 Å². The van der Waals surface area contributed by atoms with Crippen molar-refractivity contribution in [3.63, 3.8) is 0 Å². The summed E-state index contributed by atoms with van der Waals surface area (Å²) in [5, 5.41) is 2.67. The molecular weight excluding hydrogens is 555 g/mol. The molecule has 3 aromatic carbocycles. The Morgan fingerprint density at radius 3 is 2.53 bits per heavy atom. The number of amides is 2. The largest absolute Gasteiger partial charge is 0.496 e. The van der Waals surface area contributed by atoms with E-state index in [9.17, 15) is 14.0 Å². The highest BCUT2D eigenvalue weighted by molar-refractivity contribution is 5.94. The molecule has 230 valence electrons. The maximum Gasteiger partial charge on any atom is 0.410 e. The van der Waals surface area contributed by atoms with Crippen LogP contribution in [-0.4, -0.2) is 56.1 Å². The average molecular weight is 595 g/mol. The van der Waals surface area contributed by atoms with Gasteiger partial charge >= 0.3 is 6.09 Å². The quantitative estimate of drug-likeness (QED) is 0.348. The van der Waals surface area contributed by atoms with E-state index in [2.05, 4.69) is 5.32 Å². The predicted octanol–water partition coefficient (Wildman–Crippen LogP) is 6.21. The maximum absolute atomic E-state index is 13.4. The summed E-state index contributed by atoms with van der Waals surface area (Å²) in [5.41, 5.74) is 0.416. The van der Waals surface area contributed by atoms with Crippen molar-refractivity contribution in [1.29, 1.82) is 0 Å². The Labute approximate surface area is 251 Å². The number of para-hydroxylation sites is 1. The lowest BCUT2D eigenvalue weighted by molar-refractivity contribution is 0.0139. The first-order valence-electron chi connectivity index (χ1n) is 14.3. The molecule has 0 saturated carbocycles. The molecule has 0 aliphatic carbocycles. The van der Waals surface area contributed by atoms with E-state index in [1.807, 2.05) is 63.2 Å². The third-order valence-electron chi connectivity index (χ3n) is 6.75. The molecule has 2 aliphatic rings. The molecule has 1 atom stereocenters. The molecule has 0 bridgehead atoms. The number of piperidine rings is 1. The highest BCUT2D eigenvalue weighted by atomic mass is 19.1. The molecule has 10 heteroatoms. The minimum absolute atomic E-state index is 0.0393. The van der Waals surface area contributed by atoms with Crippen molar-refractivity contribution in [3.8, 4) is 23.0 Å². The Morgan fingerprint density at radius 2 is 1.77 bits per heavy atom. The topological polar surface area (TPSA) is 95.6 Å². The molecule has 0 aromatic heterocycles. The molecule has 0 spiro atoms. The number of carbonyl (C=O) groups is 2. The van der Waals surface area contributed by atoms with Gasteiger partial charge < -0.3 is 33.9 Å². The Bertz CT molecular complexity index is 1390. The lowest BCUT2D eigenvalue weighted by Gasteiger charge is -2.34. The summed E-state index contributed by atoms with van der Waals surface area (Å²) in [6.45, 7) is 8.18. The number of hydrogen-bond acceptors (Lipinski definition) is 7. The normalized spacial score (nSPS) is 15.6. The molecule has 9 nitrogen and oxygen atoms in total. The molecule has 2 aliphatic heterocycles. The Morgan fingerprint density at radius 1 is 1.02 bits per heavy atom. The first kappa shape index (κ1) is 31.5. The van der Waals surface area contributed by atoms with Crippen molar-refractivity contribution in [3.05, 3.63) is 83.7 Å². The third-order valence-corrected chi connectivity index (χ3v) is 6.75. The highest BCUT2D eigenvalue weighted by Gasteiger charge is 2.28. The Kier molecular flexibility index (Phi) is 10.7. The zero-order valence-electron chi connectivity index (χ0n) is 25.1. The fraction of sp³-hybridized carbons (Fsp3) is 0.394. The highest BCUT2D eigenvalue weighted by Crippen LogP contribution is 2.35. The van der Waals surface area contributed by atoms with Crippen molar-refractivity contribution in [1.82, 2.24) is 10.2 Å². The number of carbonyl (C=O) groups excluding carboxylic acids is 2. The minimum atomic E-state index is -0.528.